The summed E-state index contributed by atoms with van der Waals surface area (Å²) in [5, 5.41) is 2.77. The number of aromatic nitrogens is 1. The molecule has 4 nitrogen and oxygen atoms in total. The second-order valence-electron chi connectivity index (χ2n) is 4.06. The van der Waals surface area contributed by atoms with Crippen molar-refractivity contribution >= 4 is 21.8 Å². The van der Waals surface area contributed by atoms with E-state index >= 15 is 0 Å². The molecule has 94 valence electrons. The first kappa shape index (κ1) is 12.8. The van der Waals surface area contributed by atoms with Gasteiger partial charge in [-0.2, -0.15) is 0 Å². The van der Waals surface area contributed by atoms with Crippen molar-refractivity contribution in [3.8, 4) is 0 Å². The second-order valence-corrected chi connectivity index (χ2v) is 4.98. The molecule has 1 aromatic heterocycles. The molecule has 0 atom stereocenters. The number of hydrogen-bond donors (Lipinski definition) is 1. The van der Waals surface area contributed by atoms with Crippen molar-refractivity contribution in [2.75, 3.05) is 0 Å². The Morgan fingerprint density at radius 3 is 2.78 bits per heavy atom. The van der Waals surface area contributed by atoms with E-state index in [4.69, 9.17) is 4.42 Å². The van der Waals surface area contributed by atoms with Crippen molar-refractivity contribution in [2.45, 2.75) is 20.4 Å². The summed E-state index contributed by atoms with van der Waals surface area (Å²) in [6, 6.07) is 5.57. The zero-order valence-electron chi connectivity index (χ0n) is 10.2. The van der Waals surface area contributed by atoms with Gasteiger partial charge in [-0.25, -0.2) is 4.98 Å². The molecular formula is C13H13BrN2O2. The van der Waals surface area contributed by atoms with Crippen LogP contribution in [0.5, 0.6) is 0 Å². The predicted octanol–water partition coefficient (Wildman–Crippen LogP) is 2.98. The molecule has 0 aliphatic rings. The highest BCUT2D eigenvalue weighted by molar-refractivity contribution is 9.10. The van der Waals surface area contributed by atoms with Crippen LogP contribution in [0, 0.1) is 13.8 Å². The van der Waals surface area contributed by atoms with E-state index in [1.54, 1.807) is 12.3 Å². The number of rotatable bonds is 3. The lowest BCUT2D eigenvalue weighted by Crippen LogP contribution is -2.23. The van der Waals surface area contributed by atoms with Crippen LogP contribution in [0.2, 0.25) is 0 Å². The summed E-state index contributed by atoms with van der Waals surface area (Å²) >= 11 is 3.37. The van der Waals surface area contributed by atoms with Crippen molar-refractivity contribution in [1.29, 1.82) is 0 Å². The average Bonchev–Trinajstić information content (AvgIpc) is 2.70. The highest BCUT2D eigenvalue weighted by Gasteiger charge is 2.08. The van der Waals surface area contributed by atoms with E-state index in [1.165, 1.54) is 0 Å². The first-order valence-corrected chi connectivity index (χ1v) is 6.30. The van der Waals surface area contributed by atoms with Crippen molar-refractivity contribution in [2.24, 2.45) is 0 Å². The molecule has 0 saturated heterocycles. The number of nitrogens with zero attached hydrogens (tertiary/aromatic N) is 1. The van der Waals surface area contributed by atoms with Gasteiger partial charge in [-0.1, -0.05) is 15.9 Å². The fourth-order valence-corrected chi connectivity index (χ4v) is 2.22. The second kappa shape index (κ2) is 5.35. The van der Waals surface area contributed by atoms with E-state index in [2.05, 4.69) is 26.2 Å². The maximum absolute atomic E-state index is 11.9. The summed E-state index contributed by atoms with van der Waals surface area (Å²) in [5.74, 6) is 1.10. The molecule has 0 aliphatic heterocycles. The molecule has 0 spiro atoms. The lowest BCUT2D eigenvalue weighted by molar-refractivity contribution is 0.0947. The van der Waals surface area contributed by atoms with Gasteiger partial charge in [-0.15, -0.1) is 0 Å². The number of halogens is 1. The summed E-state index contributed by atoms with van der Waals surface area (Å²) in [6.07, 6.45) is 1.63. The fourth-order valence-electron chi connectivity index (χ4n) is 1.61. The van der Waals surface area contributed by atoms with Gasteiger partial charge < -0.3 is 9.73 Å². The summed E-state index contributed by atoms with van der Waals surface area (Å²) in [7, 11) is 0. The van der Waals surface area contributed by atoms with E-state index in [1.807, 2.05) is 26.0 Å². The zero-order valence-corrected chi connectivity index (χ0v) is 11.7. The Morgan fingerprint density at radius 1 is 1.39 bits per heavy atom. The number of carbonyl (C=O) groups is 1. The summed E-state index contributed by atoms with van der Waals surface area (Å²) in [5.41, 5.74) is 1.65. The lowest BCUT2D eigenvalue weighted by atomic mass is 10.1. The summed E-state index contributed by atoms with van der Waals surface area (Å²) < 4.78 is 6.17. The van der Waals surface area contributed by atoms with Crippen LogP contribution in [-0.4, -0.2) is 10.9 Å². The Balaban J connectivity index is 2.03. The number of aryl methyl sites for hydroxylation is 2. The van der Waals surface area contributed by atoms with Gasteiger partial charge in [0.05, 0.1) is 12.7 Å². The SMILES string of the molecule is Cc1cc(Br)cc(C(=O)NCc2ncc(C)o2)c1. The molecule has 0 unspecified atom stereocenters. The predicted molar refractivity (Wildman–Crippen MR) is 71.3 cm³/mol. The number of carbonyl (C=O) groups excluding carboxylic acids is 1. The quantitative estimate of drug-likeness (QED) is 0.948. The van der Waals surface area contributed by atoms with E-state index in [0.29, 0.717) is 11.5 Å². The smallest absolute Gasteiger partial charge is 0.251 e. The molecule has 0 bridgehead atoms. The van der Waals surface area contributed by atoms with Crippen LogP contribution in [0.25, 0.3) is 0 Å². The molecule has 0 radical (unpaired) electrons. The molecule has 1 N–H and O–H groups in total. The largest absolute Gasteiger partial charge is 0.444 e. The van der Waals surface area contributed by atoms with Crippen LogP contribution in [0.15, 0.2) is 33.3 Å². The zero-order chi connectivity index (χ0) is 13.1. The average molecular weight is 309 g/mol. The lowest BCUT2D eigenvalue weighted by Gasteiger charge is -2.04. The number of benzene rings is 1. The van der Waals surface area contributed by atoms with Gasteiger partial charge in [0.15, 0.2) is 0 Å². The normalized spacial score (nSPS) is 10.4. The molecule has 1 amide bonds. The van der Waals surface area contributed by atoms with Crippen molar-refractivity contribution < 1.29 is 9.21 Å². The van der Waals surface area contributed by atoms with Gasteiger partial charge in [0.25, 0.3) is 5.91 Å². The first-order chi connectivity index (χ1) is 8.54. The van der Waals surface area contributed by atoms with Crippen LogP contribution < -0.4 is 5.32 Å². The van der Waals surface area contributed by atoms with Crippen LogP contribution in [0.4, 0.5) is 0 Å². The van der Waals surface area contributed by atoms with E-state index in [-0.39, 0.29) is 12.5 Å². The molecular weight excluding hydrogens is 296 g/mol. The van der Waals surface area contributed by atoms with Crippen molar-refractivity contribution in [3.63, 3.8) is 0 Å². The highest BCUT2D eigenvalue weighted by Crippen LogP contribution is 2.15. The minimum Gasteiger partial charge on any atom is -0.444 e. The standard InChI is InChI=1S/C13H13BrN2O2/c1-8-3-10(5-11(14)4-8)13(17)16-7-12-15-6-9(2)18-12/h3-6H,7H2,1-2H3,(H,16,17). The maximum Gasteiger partial charge on any atom is 0.251 e. The Morgan fingerprint density at radius 2 is 2.17 bits per heavy atom. The fraction of sp³-hybridized carbons (Fsp3) is 0.231. The van der Waals surface area contributed by atoms with Gasteiger partial charge in [0.1, 0.15) is 5.76 Å². The molecule has 0 fully saturated rings. The molecule has 2 aromatic rings. The van der Waals surface area contributed by atoms with Crippen LogP contribution >= 0.6 is 15.9 Å². The van der Waals surface area contributed by atoms with Gasteiger partial charge in [0.2, 0.25) is 5.89 Å². The van der Waals surface area contributed by atoms with Gasteiger partial charge in [0, 0.05) is 10.0 Å². The highest BCUT2D eigenvalue weighted by atomic mass is 79.9. The third kappa shape index (κ3) is 3.20. The first-order valence-electron chi connectivity index (χ1n) is 5.51. The van der Waals surface area contributed by atoms with E-state index < -0.39 is 0 Å². The van der Waals surface area contributed by atoms with Crippen molar-refractivity contribution in [3.05, 3.63) is 51.6 Å². The summed E-state index contributed by atoms with van der Waals surface area (Å²) in [4.78, 5) is 16.0. The molecule has 2 rings (SSSR count). The molecule has 18 heavy (non-hydrogen) atoms. The molecule has 0 saturated carbocycles. The number of amides is 1. The third-order valence-electron chi connectivity index (χ3n) is 2.37. The van der Waals surface area contributed by atoms with Gasteiger partial charge in [-0.05, 0) is 37.6 Å². The molecule has 1 heterocycles. The number of hydrogen-bond acceptors (Lipinski definition) is 3. The minimum atomic E-state index is -0.143. The Labute approximate surface area is 114 Å². The van der Waals surface area contributed by atoms with E-state index in [9.17, 15) is 4.79 Å². The number of nitrogens with one attached hydrogen (secondary N) is 1. The molecule has 0 aliphatic carbocycles. The number of oxazole rings is 1. The van der Waals surface area contributed by atoms with Gasteiger partial charge >= 0.3 is 0 Å². The Bertz CT molecular complexity index is 558. The third-order valence-corrected chi connectivity index (χ3v) is 2.83. The van der Waals surface area contributed by atoms with Crippen molar-refractivity contribution in [1.82, 2.24) is 10.3 Å². The van der Waals surface area contributed by atoms with Crippen LogP contribution in [-0.2, 0) is 6.54 Å². The Hall–Kier alpha value is -1.62. The molecule has 1 aromatic carbocycles. The molecule has 5 heteroatoms. The van der Waals surface area contributed by atoms with Crippen LogP contribution in [0.1, 0.15) is 27.6 Å². The maximum atomic E-state index is 11.9. The summed E-state index contributed by atoms with van der Waals surface area (Å²) in [6.45, 7) is 4.05. The van der Waals surface area contributed by atoms with Gasteiger partial charge in [-0.3, -0.25) is 4.79 Å². The topological polar surface area (TPSA) is 55.1 Å². The van der Waals surface area contributed by atoms with Crippen LogP contribution in [0.3, 0.4) is 0 Å². The minimum absolute atomic E-state index is 0.143. The van der Waals surface area contributed by atoms with E-state index in [0.717, 1.165) is 15.8 Å². The Kier molecular flexibility index (Phi) is 3.81. The monoisotopic (exact) mass is 308 g/mol.